The normalized spacial score (nSPS) is 13.7. The van der Waals surface area contributed by atoms with Gasteiger partial charge in [0.15, 0.2) is 0 Å². The molecule has 0 heterocycles. The van der Waals surface area contributed by atoms with Crippen LogP contribution in [0.25, 0.3) is 0 Å². The van der Waals surface area contributed by atoms with E-state index in [1.54, 1.807) is 25.1 Å². The highest BCUT2D eigenvalue weighted by atomic mass is 31.2. The second kappa shape index (κ2) is 9.75. The predicted molar refractivity (Wildman–Crippen MR) is 90.2 cm³/mol. The van der Waals surface area contributed by atoms with Crippen LogP contribution < -0.4 is 5.30 Å². The number of unbranched alkanes of at least 4 members (excludes halogenated alkanes) is 5. The number of hydrogen-bond donors (Lipinski definition) is 0. The number of nitrogens with zero attached hydrogens (tertiary/aromatic N) is 1. The molecular weight excluding hydrogens is 301 g/mol. The van der Waals surface area contributed by atoms with Crippen LogP contribution >= 0.6 is 7.37 Å². The van der Waals surface area contributed by atoms with Gasteiger partial charge in [-0.3, -0.25) is 14.7 Å². The van der Waals surface area contributed by atoms with Gasteiger partial charge >= 0.3 is 0 Å². The molecule has 6 heteroatoms. The summed E-state index contributed by atoms with van der Waals surface area (Å²) in [6, 6.07) is 6.21. The van der Waals surface area contributed by atoms with E-state index in [1.165, 1.54) is 25.3 Å². The van der Waals surface area contributed by atoms with Crippen LogP contribution in [0.2, 0.25) is 0 Å². The third kappa shape index (κ3) is 5.54. The standard InChI is InChI=1S/C16H26NO4P/c1-3-5-6-7-8-11-14-22(20,21-4-2)16-13-10-9-12-15(16)17(18)19/h9-10,12-13H,3-8,11,14H2,1-2H3. The third-order valence-electron chi connectivity index (χ3n) is 3.59. The lowest BCUT2D eigenvalue weighted by molar-refractivity contribution is -0.383. The van der Waals surface area contributed by atoms with Gasteiger partial charge in [0.2, 0.25) is 7.37 Å². The molecule has 0 fully saturated rings. The Bertz CT molecular complexity index is 519. The number of nitro benzene ring substituents is 1. The second-order valence-corrected chi connectivity index (χ2v) is 7.86. The highest BCUT2D eigenvalue weighted by molar-refractivity contribution is 7.67. The van der Waals surface area contributed by atoms with E-state index < -0.39 is 12.3 Å². The summed E-state index contributed by atoms with van der Waals surface area (Å²) in [4.78, 5) is 10.7. The lowest BCUT2D eigenvalue weighted by Gasteiger charge is -2.18. The van der Waals surface area contributed by atoms with E-state index in [0.29, 0.717) is 12.8 Å². The van der Waals surface area contributed by atoms with Gasteiger partial charge in [0.1, 0.15) is 5.30 Å². The second-order valence-electron chi connectivity index (χ2n) is 5.33. The van der Waals surface area contributed by atoms with Gasteiger partial charge < -0.3 is 4.52 Å². The Hall–Kier alpha value is -1.19. The monoisotopic (exact) mass is 327 g/mol. The van der Waals surface area contributed by atoms with E-state index in [9.17, 15) is 14.7 Å². The minimum Gasteiger partial charge on any atom is -0.325 e. The summed E-state index contributed by atoms with van der Waals surface area (Å²) in [6.07, 6.45) is 6.82. The first kappa shape index (κ1) is 18.9. The van der Waals surface area contributed by atoms with E-state index in [4.69, 9.17) is 4.52 Å². The van der Waals surface area contributed by atoms with E-state index in [1.807, 2.05) is 0 Å². The van der Waals surface area contributed by atoms with Crippen molar-refractivity contribution < 1.29 is 14.0 Å². The summed E-state index contributed by atoms with van der Waals surface area (Å²) in [5.41, 5.74) is -0.106. The molecule has 1 unspecified atom stereocenters. The molecule has 5 nitrogen and oxygen atoms in total. The van der Waals surface area contributed by atoms with Crippen LogP contribution in [0.4, 0.5) is 5.69 Å². The van der Waals surface area contributed by atoms with Crippen molar-refractivity contribution in [2.24, 2.45) is 0 Å². The zero-order chi connectivity index (χ0) is 16.4. The summed E-state index contributed by atoms with van der Waals surface area (Å²) >= 11 is 0. The Labute approximate surface area is 132 Å². The predicted octanol–water partition coefficient (Wildman–Crippen LogP) is 4.90. The van der Waals surface area contributed by atoms with Gasteiger partial charge in [-0.05, 0) is 19.4 Å². The summed E-state index contributed by atoms with van der Waals surface area (Å²) in [5.74, 6) is 0. The first-order valence-electron chi connectivity index (χ1n) is 8.02. The van der Waals surface area contributed by atoms with Gasteiger partial charge in [0.05, 0.1) is 11.5 Å². The molecule has 0 spiro atoms. The molecule has 1 rings (SSSR count). The zero-order valence-corrected chi connectivity index (χ0v) is 14.4. The maximum Gasteiger partial charge on any atom is 0.282 e. The van der Waals surface area contributed by atoms with Gasteiger partial charge in [-0.1, -0.05) is 51.2 Å². The average Bonchev–Trinajstić information content (AvgIpc) is 2.51. The topological polar surface area (TPSA) is 69.4 Å². The average molecular weight is 327 g/mol. The first-order valence-corrected chi connectivity index (χ1v) is 9.83. The minimum atomic E-state index is -3.16. The lowest BCUT2D eigenvalue weighted by Crippen LogP contribution is -2.15. The van der Waals surface area contributed by atoms with Crippen molar-refractivity contribution >= 4 is 18.4 Å². The highest BCUT2D eigenvalue weighted by Crippen LogP contribution is 2.48. The van der Waals surface area contributed by atoms with Crippen LogP contribution in [0.1, 0.15) is 52.4 Å². The fraction of sp³-hybridized carbons (Fsp3) is 0.625. The number of hydrogen-bond acceptors (Lipinski definition) is 4. The molecule has 0 aliphatic heterocycles. The fourth-order valence-corrected chi connectivity index (χ4v) is 4.85. The molecule has 0 saturated heterocycles. The fourth-order valence-electron chi connectivity index (χ4n) is 2.47. The van der Waals surface area contributed by atoms with E-state index in [0.717, 1.165) is 19.3 Å². The molecule has 1 atom stereocenters. The molecule has 22 heavy (non-hydrogen) atoms. The van der Waals surface area contributed by atoms with Crippen molar-refractivity contribution in [3.63, 3.8) is 0 Å². The molecule has 0 aromatic heterocycles. The van der Waals surface area contributed by atoms with Gasteiger partial charge in [0.25, 0.3) is 5.69 Å². The Morgan fingerprint density at radius 1 is 1.09 bits per heavy atom. The van der Waals surface area contributed by atoms with Crippen molar-refractivity contribution in [1.82, 2.24) is 0 Å². The molecule has 124 valence electrons. The van der Waals surface area contributed by atoms with E-state index in [-0.39, 0.29) is 11.0 Å². The van der Waals surface area contributed by atoms with Crippen molar-refractivity contribution in [2.45, 2.75) is 52.4 Å². The summed E-state index contributed by atoms with van der Waals surface area (Å²) in [6.45, 7) is 4.22. The van der Waals surface area contributed by atoms with Crippen molar-refractivity contribution in [1.29, 1.82) is 0 Å². The quantitative estimate of drug-likeness (QED) is 0.251. The molecule has 0 aliphatic carbocycles. The molecule has 1 aromatic carbocycles. The number of nitro groups is 1. The van der Waals surface area contributed by atoms with Crippen LogP contribution in [-0.4, -0.2) is 17.7 Å². The van der Waals surface area contributed by atoms with Crippen molar-refractivity contribution in [2.75, 3.05) is 12.8 Å². The summed E-state index contributed by atoms with van der Waals surface area (Å²) in [5, 5.41) is 11.4. The van der Waals surface area contributed by atoms with Gasteiger partial charge in [-0.2, -0.15) is 0 Å². The largest absolute Gasteiger partial charge is 0.325 e. The maximum atomic E-state index is 13.1. The number of benzene rings is 1. The van der Waals surface area contributed by atoms with Crippen molar-refractivity contribution in [3.05, 3.63) is 34.4 Å². The molecule has 0 saturated carbocycles. The molecule has 0 amide bonds. The molecule has 0 aliphatic rings. The molecule has 0 radical (unpaired) electrons. The Morgan fingerprint density at radius 3 is 2.36 bits per heavy atom. The Balaban J connectivity index is 2.79. The van der Waals surface area contributed by atoms with Gasteiger partial charge in [0, 0.05) is 12.2 Å². The van der Waals surface area contributed by atoms with Gasteiger partial charge in [-0.25, -0.2) is 0 Å². The zero-order valence-electron chi connectivity index (χ0n) is 13.5. The molecule has 0 bridgehead atoms. The first-order chi connectivity index (χ1) is 10.5. The highest BCUT2D eigenvalue weighted by Gasteiger charge is 2.32. The SMILES string of the molecule is CCCCCCCCP(=O)(OCC)c1ccccc1[N+](=O)[O-]. The van der Waals surface area contributed by atoms with Crippen molar-refractivity contribution in [3.8, 4) is 0 Å². The van der Waals surface area contributed by atoms with Crippen LogP contribution in [0.5, 0.6) is 0 Å². The van der Waals surface area contributed by atoms with Gasteiger partial charge in [-0.15, -0.1) is 0 Å². The number of rotatable bonds is 11. The Kier molecular flexibility index (Phi) is 8.36. The summed E-state index contributed by atoms with van der Waals surface area (Å²) < 4.78 is 18.6. The summed E-state index contributed by atoms with van der Waals surface area (Å²) in [7, 11) is -3.16. The smallest absolute Gasteiger partial charge is 0.282 e. The van der Waals surface area contributed by atoms with E-state index >= 15 is 0 Å². The third-order valence-corrected chi connectivity index (χ3v) is 6.28. The van der Waals surface area contributed by atoms with Crippen LogP contribution in [0, 0.1) is 10.1 Å². The minimum absolute atomic E-state index is 0.106. The molecule has 0 N–H and O–H groups in total. The molecular formula is C16H26NO4P. The Morgan fingerprint density at radius 2 is 1.73 bits per heavy atom. The lowest BCUT2D eigenvalue weighted by atomic mass is 10.1. The number of para-hydroxylation sites is 1. The maximum absolute atomic E-state index is 13.1. The van der Waals surface area contributed by atoms with Crippen LogP contribution in [-0.2, 0) is 9.09 Å². The van der Waals surface area contributed by atoms with E-state index in [2.05, 4.69) is 6.92 Å². The van der Waals surface area contributed by atoms with Crippen LogP contribution in [0.15, 0.2) is 24.3 Å². The van der Waals surface area contributed by atoms with Crippen LogP contribution in [0.3, 0.4) is 0 Å². The molecule has 1 aromatic rings.